The standard InChI is InChI=1S/C15H22FN3O2/c1-9(2)6-12(8-17)19-15(21)11-4-5-13(16)14(7-11)18-10(3)20/h4-5,7,9,12H,6,8,17H2,1-3H3,(H,18,20)(H,19,21). The molecule has 0 bridgehead atoms. The molecule has 4 N–H and O–H groups in total. The zero-order valence-electron chi connectivity index (χ0n) is 12.6. The van der Waals surface area contributed by atoms with Crippen LogP contribution in [0.1, 0.15) is 37.6 Å². The Balaban J connectivity index is 2.84. The molecule has 0 aliphatic carbocycles. The van der Waals surface area contributed by atoms with Crippen LogP contribution in [0, 0.1) is 11.7 Å². The minimum Gasteiger partial charge on any atom is -0.348 e. The summed E-state index contributed by atoms with van der Waals surface area (Å²) in [6, 6.07) is 3.71. The molecule has 1 rings (SSSR count). The Bertz CT molecular complexity index is 518. The average molecular weight is 295 g/mol. The third-order valence-electron chi connectivity index (χ3n) is 2.91. The van der Waals surface area contributed by atoms with Gasteiger partial charge in [0.2, 0.25) is 5.91 Å². The Morgan fingerprint density at radius 1 is 1.33 bits per heavy atom. The van der Waals surface area contributed by atoms with Gasteiger partial charge in [0, 0.05) is 25.1 Å². The van der Waals surface area contributed by atoms with Crippen LogP contribution in [0.25, 0.3) is 0 Å². The predicted molar refractivity (Wildman–Crippen MR) is 80.5 cm³/mol. The smallest absolute Gasteiger partial charge is 0.251 e. The topological polar surface area (TPSA) is 84.2 Å². The summed E-state index contributed by atoms with van der Waals surface area (Å²) in [7, 11) is 0. The first-order valence-corrected chi connectivity index (χ1v) is 6.91. The maximum Gasteiger partial charge on any atom is 0.251 e. The molecular formula is C15H22FN3O2. The van der Waals surface area contributed by atoms with E-state index in [4.69, 9.17) is 5.73 Å². The predicted octanol–water partition coefficient (Wildman–Crippen LogP) is 1.89. The maximum absolute atomic E-state index is 13.5. The molecular weight excluding hydrogens is 273 g/mol. The highest BCUT2D eigenvalue weighted by Gasteiger charge is 2.15. The van der Waals surface area contributed by atoms with E-state index in [2.05, 4.69) is 10.6 Å². The van der Waals surface area contributed by atoms with Crippen LogP contribution in [0.15, 0.2) is 18.2 Å². The molecule has 1 aromatic rings. The Kier molecular flexibility index (Phi) is 6.30. The Morgan fingerprint density at radius 2 is 2.00 bits per heavy atom. The summed E-state index contributed by atoms with van der Waals surface area (Å²) >= 11 is 0. The quantitative estimate of drug-likeness (QED) is 0.749. The Hall–Kier alpha value is -1.95. The summed E-state index contributed by atoms with van der Waals surface area (Å²) in [6.07, 6.45) is 0.766. The summed E-state index contributed by atoms with van der Waals surface area (Å²) in [5, 5.41) is 5.16. The molecule has 5 nitrogen and oxygen atoms in total. The van der Waals surface area contributed by atoms with Crippen molar-refractivity contribution in [2.75, 3.05) is 11.9 Å². The van der Waals surface area contributed by atoms with Gasteiger partial charge in [-0.05, 0) is 30.5 Å². The SMILES string of the molecule is CC(=O)Nc1cc(C(=O)NC(CN)CC(C)C)ccc1F. The number of carbonyl (C=O) groups is 2. The molecule has 0 radical (unpaired) electrons. The average Bonchev–Trinajstić information content (AvgIpc) is 2.39. The van der Waals surface area contributed by atoms with E-state index < -0.39 is 11.7 Å². The molecule has 0 heterocycles. The van der Waals surface area contributed by atoms with Crippen LogP contribution in [0.5, 0.6) is 0 Å². The highest BCUT2D eigenvalue weighted by Crippen LogP contribution is 2.16. The molecule has 6 heteroatoms. The number of hydrogen-bond acceptors (Lipinski definition) is 3. The van der Waals surface area contributed by atoms with E-state index in [1.54, 1.807) is 0 Å². The van der Waals surface area contributed by atoms with Gasteiger partial charge in [-0.3, -0.25) is 9.59 Å². The van der Waals surface area contributed by atoms with Crippen molar-refractivity contribution in [2.45, 2.75) is 33.2 Å². The molecule has 0 saturated carbocycles. The largest absolute Gasteiger partial charge is 0.348 e. The van der Waals surface area contributed by atoms with Gasteiger partial charge in [-0.1, -0.05) is 13.8 Å². The fourth-order valence-electron chi connectivity index (χ4n) is 2.00. The fourth-order valence-corrected chi connectivity index (χ4v) is 2.00. The van der Waals surface area contributed by atoms with Crippen molar-refractivity contribution in [3.05, 3.63) is 29.6 Å². The molecule has 0 aliphatic rings. The van der Waals surface area contributed by atoms with Gasteiger partial charge in [-0.15, -0.1) is 0 Å². The third kappa shape index (κ3) is 5.51. The number of rotatable bonds is 6. The second-order valence-electron chi connectivity index (χ2n) is 5.41. The number of halogens is 1. The van der Waals surface area contributed by atoms with Crippen LogP contribution >= 0.6 is 0 Å². The van der Waals surface area contributed by atoms with Crippen molar-refractivity contribution in [1.29, 1.82) is 0 Å². The van der Waals surface area contributed by atoms with E-state index in [1.165, 1.54) is 19.1 Å². The van der Waals surface area contributed by atoms with Gasteiger partial charge in [-0.2, -0.15) is 0 Å². The second kappa shape index (κ2) is 7.73. The third-order valence-corrected chi connectivity index (χ3v) is 2.91. The van der Waals surface area contributed by atoms with E-state index in [1.807, 2.05) is 13.8 Å². The van der Waals surface area contributed by atoms with Crippen LogP contribution in [0.2, 0.25) is 0 Å². The Labute approximate surface area is 124 Å². The van der Waals surface area contributed by atoms with Crippen molar-refractivity contribution < 1.29 is 14.0 Å². The lowest BCUT2D eigenvalue weighted by molar-refractivity contribution is -0.114. The summed E-state index contributed by atoms with van der Waals surface area (Å²) in [5.74, 6) is -0.912. The van der Waals surface area contributed by atoms with Crippen molar-refractivity contribution in [3.63, 3.8) is 0 Å². The van der Waals surface area contributed by atoms with E-state index in [0.29, 0.717) is 12.5 Å². The maximum atomic E-state index is 13.5. The van der Waals surface area contributed by atoms with Crippen LogP contribution in [0.4, 0.5) is 10.1 Å². The highest BCUT2D eigenvalue weighted by atomic mass is 19.1. The second-order valence-corrected chi connectivity index (χ2v) is 5.41. The van der Waals surface area contributed by atoms with Gasteiger partial charge in [0.05, 0.1) is 5.69 Å². The molecule has 0 saturated heterocycles. The van der Waals surface area contributed by atoms with E-state index in [-0.39, 0.29) is 23.2 Å². The molecule has 1 unspecified atom stereocenters. The first kappa shape index (κ1) is 17.1. The van der Waals surface area contributed by atoms with Gasteiger partial charge in [0.25, 0.3) is 5.91 Å². The lowest BCUT2D eigenvalue weighted by Crippen LogP contribution is -2.41. The molecule has 2 amide bonds. The summed E-state index contributed by atoms with van der Waals surface area (Å²) in [4.78, 5) is 23.1. The monoisotopic (exact) mass is 295 g/mol. The zero-order chi connectivity index (χ0) is 16.0. The van der Waals surface area contributed by atoms with Crippen LogP contribution in [-0.4, -0.2) is 24.4 Å². The van der Waals surface area contributed by atoms with Crippen LogP contribution in [-0.2, 0) is 4.79 Å². The summed E-state index contributed by atoms with van der Waals surface area (Å²) in [5.41, 5.74) is 5.90. The number of amides is 2. The van der Waals surface area contributed by atoms with Gasteiger partial charge in [0.15, 0.2) is 0 Å². The van der Waals surface area contributed by atoms with Crippen molar-refractivity contribution >= 4 is 17.5 Å². The molecule has 1 atom stereocenters. The summed E-state index contributed by atoms with van der Waals surface area (Å²) < 4.78 is 13.5. The first-order chi connectivity index (χ1) is 9.83. The van der Waals surface area contributed by atoms with Crippen LogP contribution in [0.3, 0.4) is 0 Å². The lowest BCUT2D eigenvalue weighted by atomic mass is 10.0. The first-order valence-electron chi connectivity index (χ1n) is 6.91. The molecule has 116 valence electrons. The number of nitrogens with two attached hydrogens (primary N) is 1. The van der Waals surface area contributed by atoms with E-state index >= 15 is 0 Å². The van der Waals surface area contributed by atoms with Gasteiger partial charge in [0.1, 0.15) is 5.82 Å². The van der Waals surface area contributed by atoms with E-state index in [0.717, 1.165) is 12.5 Å². The minimum atomic E-state index is -0.584. The minimum absolute atomic E-state index is 0.0108. The normalized spacial score (nSPS) is 12.1. The molecule has 0 aliphatic heterocycles. The van der Waals surface area contributed by atoms with Gasteiger partial charge in [-0.25, -0.2) is 4.39 Å². The number of benzene rings is 1. The van der Waals surface area contributed by atoms with Gasteiger partial charge < -0.3 is 16.4 Å². The number of nitrogens with one attached hydrogen (secondary N) is 2. The molecule has 1 aromatic carbocycles. The van der Waals surface area contributed by atoms with Crippen molar-refractivity contribution in [3.8, 4) is 0 Å². The molecule has 0 aromatic heterocycles. The number of anilines is 1. The lowest BCUT2D eigenvalue weighted by Gasteiger charge is -2.19. The highest BCUT2D eigenvalue weighted by molar-refractivity contribution is 5.97. The van der Waals surface area contributed by atoms with Crippen molar-refractivity contribution in [2.24, 2.45) is 11.7 Å². The van der Waals surface area contributed by atoms with Gasteiger partial charge >= 0.3 is 0 Å². The zero-order valence-corrected chi connectivity index (χ0v) is 12.6. The number of carbonyl (C=O) groups excluding carboxylic acids is 2. The fraction of sp³-hybridized carbons (Fsp3) is 0.467. The van der Waals surface area contributed by atoms with Crippen molar-refractivity contribution in [1.82, 2.24) is 5.32 Å². The van der Waals surface area contributed by atoms with E-state index in [9.17, 15) is 14.0 Å². The Morgan fingerprint density at radius 3 is 2.52 bits per heavy atom. The van der Waals surface area contributed by atoms with Crippen LogP contribution < -0.4 is 16.4 Å². The molecule has 0 spiro atoms. The number of hydrogen-bond donors (Lipinski definition) is 3. The molecule has 0 fully saturated rings. The molecule has 21 heavy (non-hydrogen) atoms. The summed E-state index contributed by atoms with van der Waals surface area (Å²) in [6.45, 7) is 5.70.